The molecule has 0 spiro atoms. The van der Waals surface area contributed by atoms with E-state index in [0.29, 0.717) is 11.8 Å². The van der Waals surface area contributed by atoms with Gasteiger partial charge in [-0.05, 0) is 37.9 Å². The largest absolute Gasteiger partial charge is 0.391 e. The topological polar surface area (TPSA) is 23.5 Å². The fraction of sp³-hybridized carbons (Fsp3) is 0.538. The van der Waals surface area contributed by atoms with Crippen LogP contribution in [0, 0.1) is 5.92 Å². The van der Waals surface area contributed by atoms with E-state index in [1.54, 1.807) is 0 Å². The van der Waals surface area contributed by atoms with Crippen LogP contribution < -0.4 is 0 Å². The van der Waals surface area contributed by atoms with Crippen molar-refractivity contribution in [3.8, 4) is 0 Å². The minimum atomic E-state index is -0.176. The van der Waals surface area contributed by atoms with E-state index < -0.39 is 0 Å². The van der Waals surface area contributed by atoms with E-state index >= 15 is 0 Å². The number of aliphatic hydroxyl groups is 1. The molecule has 2 nitrogen and oxygen atoms in total. The number of benzene rings is 1. The first kappa shape index (κ1) is 10.7. The van der Waals surface area contributed by atoms with Crippen molar-refractivity contribution < 1.29 is 5.11 Å². The third-order valence-electron chi connectivity index (χ3n) is 3.11. The monoisotopic (exact) mass is 205 g/mol. The summed E-state index contributed by atoms with van der Waals surface area (Å²) >= 11 is 0. The first-order valence-electron chi connectivity index (χ1n) is 5.56. The van der Waals surface area contributed by atoms with E-state index in [-0.39, 0.29) is 6.10 Å². The molecule has 0 aliphatic heterocycles. The van der Waals surface area contributed by atoms with Gasteiger partial charge in [0.15, 0.2) is 0 Å². The third-order valence-corrected chi connectivity index (χ3v) is 3.11. The second kappa shape index (κ2) is 4.33. The Labute approximate surface area is 91.5 Å². The smallest absolute Gasteiger partial charge is 0.0701 e. The van der Waals surface area contributed by atoms with E-state index in [1.807, 2.05) is 25.1 Å². The zero-order valence-corrected chi connectivity index (χ0v) is 9.43. The molecule has 1 aliphatic carbocycles. The summed E-state index contributed by atoms with van der Waals surface area (Å²) in [6, 6.07) is 10.5. The lowest BCUT2D eigenvalue weighted by Crippen LogP contribution is -2.27. The van der Waals surface area contributed by atoms with Gasteiger partial charge in [-0.15, -0.1) is 0 Å². The van der Waals surface area contributed by atoms with E-state index in [0.717, 1.165) is 13.0 Å². The fourth-order valence-electron chi connectivity index (χ4n) is 2.23. The lowest BCUT2D eigenvalue weighted by atomic mass is 10.1. The summed E-state index contributed by atoms with van der Waals surface area (Å²) in [6.45, 7) is 0.772. The zero-order chi connectivity index (χ0) is 10.8. The number of likely N-dealkylation sites (N-methyl/N-ethyl adjacent to an activating group) is 1. The van der Waals surface area contributed by atoms with E-state index in [1.165, 1.54) is 5.56 Å². The molecule has 2 rings (SSSR count). The predicted molar refractivity (Wildman–Crippen MR) is 61.9 cm³/mol. The summed E-state index contributed by atoms with van der Waals surface area (Å²) in [7, 11) is 4.01. The van der Waals surface area contributed by atoms with Gasteiger partial charge in [0.1, 0.15) is 0 Å². The lowest BCUT2D eigenvalue weighted by molar-refractivity contribution is 0.114. The van der Waals surface area contributed by atoms with E-state index in [9.17, 15) is 5.11 Å². The van der Waals surface area contributed by atoms with Crippen LogP contribution in [0.4, 0.5) is 0 Å². The van der Waals surface area contributed by atoms with Crippen molar-refractivity contribution in [2.45, 2.75) is 18.4 Å². The first-order valence-corrected chi connectivity index (χ1v) is 5.56. The van der Waals surface area contributed by atoms with E-state index in [4.69, 9.17) is 0 Å². The molecule has 15 heavy (non-hydrogen) atoms. The number of nitrogens with zero attached hydrogens (tertiary/aromatic N) is 1. The Morgan fingerprint density at radius 3 is 2.60 bits per heavy atom. The molecule has 0 radical (unpaired) electrons. The van der Waals surface area contributed by atoms with Crippen LogP contribution in [0.5, 0.6) is 0 Å². The molecule has 1 aromatic rings. The first-order chi connectivity index (χ1) is 7.18. The summed E-state index contributed by atoms with van der Waals surface area (Å²) in [5.41, 5.74) is 1.38. The highest BCUT2D eigenvalue weighted by Crippen LogP contribution is 2.49. The average Bonchev–Trinajstić information content (AvgIpc) is 2.97. The van der Waals surface area contributed by atoms with Crippen LogP contribution in [0.15, 0.2) is 30.3 Å². The van der Waals surface area contributed by atoms with E-state index in [2.05, 4.69) is 24.3 Å². The molecular weight excluding hydrogens is 186 g/mol. The predicted octanol–water partition coefficient (Wildman–Crippen LogP) is 1.71. The molecule has 0 saturated heterocycles. The summed E-state index contributed by atoms with van der Waals surface area (Å²) in [6.07, 6.45) is 0.962. The lowest BCUT2D eigenvalue weighted by Gasteiger charge is -2.15. The highest BCUT2D eigenvalue weighted by molar-refractivity contribution is 5.26. The zero-order valence-electron chi connectivity index (χ0n) is 9.43. The Morgan fingerprint density at radius 1 is 1.33 bits per heavy atom. The summed E-state index contributed by atoms with van der Waals surface area (Å²) in [5, 5.41) is 9.95. The molecule has 3 unspecified atom stereocenters. The van der Waals surface area contributed by atoms with Gasteiger partial charge < -0.3 is 10.0 Å². The van der Waals surface area contributed by atoms with Gasteiger partial charge in [0.05, 0.1) is 6.10 Å². The molecule has 0 aromatic heterocycles. The van der Waals surface area contributed by atoms with Crippen molar-refractivity contribution in [2.75, 3.05) is 20.6 Å². The van der Waals surface area contributed by atoms with Gasteiger partial charge in [-0.25, -0.2) is 0 Å². The molecule has 1 saturated carbocycles. The van der Waals surface area contributed by atoms with Crippen molar-refractivity contribution in [3.05, 3.63) is 35.9 Å². The van der Waals surface area contributed by atoms with Crippen LogP contribution in [0.2, 0.25) is 0 Å². The minimum Gasteiger partial charge on any atom is -0.391 e. The maximum atomic E-state index is 9.95. The van der Waals surface area contributed by atoms with Gasteiger partial charge in [-0.1, -0.05) is 30.3 Å². The number of hydrogen-bond donors (Lipinski definition) is 1. The highest BCUT2D eigenvalue weighted by Gasteiger charge is 2.43. The molecule has 1 N–H and O–H groups in total. The molecular formula is C13H19NO. The Kier molecular flexibility index (Phi) is 3.08. The quantitative estimate of drug-likeness (QED) is 0.809. The fourth-order valence-corrected chi connectivity index (χ4v) is 2.23. The van der Waals surface area contributed by atoms with Crippen LogP contribution >= 0.6 is 0 Å². The van der Waals surface area contributed by atoms with Crippen molar-refractivity contribution in [1.29, 1.82) is 0 Å². The van der Waals surface area contributed by atoms with Gasteiger partial charge in [-0.2, -0.15) is 0 Å². The SMILES string of the molecule is CN(C)CC(O)C1CC1c1ccccc1. The van der Waals surface area contributed by atoms with Gasteiger partial charge in [0, 0.05) is 6.54 Å². The molecule has 1 fully saturated rings. The van der Waals surface area contributed by atoms with Crippen molar-refractivity contribution in [2.24, 2.45) is 5.92 Å². The minimum absolute atomic E-state index is 0.176. The van der Waals surface area contributed by atoms with Crippen molar-refractivity contribution in [3.63, 3.8) is 0 Å². The second-order valence-electron chi connectivity index (χ2n) is 4.75. The van der Waals surface area contributed by atoms with Gasteiger partial charge in [-0.3, -0.25) is 0 Å². The summed E-state index contributed by atoms with van der Waals surface area (Å²) in [5.74, 6) is 1.05. The highest BCUT2D eigenvalue weighted by atomic mass is 16.3. The molecule has 2 heteroatoms. The average molecular weight is 205 g/mol. The van der Waals surface area contributed by atoms with Gasteiger partial charge >= 0.3 is 0 Å². The molecule has 0 bridgehead atoms. The Morgan fingerprint density at radius 2 is 2.00 bits per heavy atom. The molecule has 0 heterocycles. The number of rotatable bonds is 4. The maximum absolute atomic E-state index is 9.95. The van der Waals surface area contributed by atoms with Crippen LogP contribution in [0.3, 0.4) is 0 Å². The third kappa shape index (κ3) is 2.58. The van der Waals surface area contributed by atoms with Gasteiger partial charge in [0.25, 0.3) is 0 Å². The van der Waals surface area contributed by atoms with Crippen molar-refractivity contribution in [1.82, 2.24) is 4.90 Å². The Bertz CT molecular complexity index is 310. The Hall–Kier alpha value is -0.860. The number of aliphatic hydroxyl groups excluding tert-OH is 1. The molecule has 1 aromatic carbocycles. The summed E-state index contributed by atoms with van der Waals surface area (Å²) < 4.78 is 0. The summed E-state index contributed by atoms with van der Waals surface area (Å²) in [4.78, 5) is 2.05. The van der Waals surface area contributed by atoms with Gasteiger partial charge in [0.2, 0.25) is 0 Å². The molecule has 0 amide bonds. The van der Waals surface area contributed by atoms with Crippen LogP contribution in [0.25, 0.3) is 0 Å². The standard InChI is InChI=1S/C13H19NO/c1-14(2)9-13(15)12-8-11(12)10-6-4-3-5-7-10/h3-7,11-13,15H,8-9H2,1-2H3. The van der Waals surface area contributed by atoms with Crippen LogP contribution in [-0.2, 0) is 0 Å². The van der Waals surface area contributed by atoms with Crippen LogP contribution in [0.1, 0.15) is 17.9 Å². The number of hydrogen-bond acceptors (Lipinski definition) is 2. The maximum Gasteiger partial charge on any atom is 0.0701 e. The van der Waals surface area contributed by atoms with Crippen molar-refractivity contribution >= 4 is 0 Å². The molecule has 3 atom stereocenters. The molecule has 1 aliphatic rings. The normalized spacial score (nSPS) is 26.7. The molecule has 82 valence electrons. The Balaban J connectivity index is 1.91. The van der Waals surface area contributed by atoms with Crippen LogP contribution in [-0.4, -0.2) is 36.8 Å². The second-order valence-corrected chi connectivity index (χ2v) is 4.75.